The summed E-state index contributed by atoms with van der Waals surface area (Å²) in [4.78, 5) is 8.21. The van der Waals surface area contributed by atoms with Gasteiger partial charge in [-0.3, -0.25) is 4.90 Å². The quantitative estimate of drug-likeness (QED) is 0.533. The topological polar surface area (TPSA) is 24.8 Å². The Bertz CT molecular complexity index is 842. The predicted molar refractivity (Wildman–Crippen MR) is 114 cm³/mol. The summed E-state index contributed by atoms with van der Waals surface area (Å²) < 4.78 is 0. The van der Waals surface area contributed by atoms with Crippen LogP contribution in [0.5, 0.6) is 0 Å². The second-order valence-corrected chi connectivity index (χ2v) is 7.34. The van der Waals surface area contributed by atoms with E-state index in [4.69, 9.17) is 4.84 Å². The molecule has 3 nitrogen and oxygen atoms in total. The summed E-state index contributed by atoms with van der Waals surface area (Å²) in [6.07, 6.45) is 1.78. The number of oxime groups is 1. The Morgan fingerprint density at radius 1 is 0.750 bits per heavy atom. The van der Waals surface area contributed by atoms with Gasteiger partial charge < -0.3 is 4.84 Å². The Kier molecular flexibility index (Phi) is 5.83. The molecule has 3 aromatic rings. The van der Waals surface area contributed by atoms with E-state index < -0.39 is 0 Å². The molecule has 1 fully saturated rings. The molecule has 3 aromatic carbocycles. The van der Waals surface area contributed by atoms with Crippen LogP contribution in [0.4, 0.5) is 0 Å². The lowest BCUT2D eigenvalue weighted by atomic mass is 9.87. The van der Waals surface area contributed by atoms with Crippen molar-refractivity contribution in [2.75, 3.05) is 7.05 Å². The highest BCUT2D eigenvalue weighted by atomic mass is 16.6. The Hall–Kier alpha value is -2.91. The monoisotopic (exact) mass is 370 g/mol. The van der Waals surface area contributed by atoms with Gasteiger partial charge in [0, 0.05) is 24.9 Å². The molecule has 1 heterocycles. The highest BCUT2D eigenvalue weighted by molar-refractivity contribution is 5.86. The number of nitrogens with zero attached hydrogens (tertiary/aromatic N) is 2. The normalized spacial score (nSPS) is 21.5. The molecular formula is C25H26N2O. The average Bonchev–Trinajstić information content (AvgIpc) is 2.77. The van der Waals surface area contributed by atoms with E-state index >= 15 is 0 Å². The number of hydrogen-bond acceptors (Lipinski definition) is 3. The second kappa shape index (κ2) is 8.85. The van der Waals surface area contributed by atoms with Gasteiger partial charge in [0.25, 0.3) is 0 Å². The smallest absolute Gasteiger partial charge is 0.142 e. The van der Waals surface area contributed by atoms with Crippen LogP contribution in [0.2, 0.25) is 0 Å². The number of likely N-dealkylation sites (tertiary alicyclic amines) is 1. The molecule has 0 unspecified atom stereocenters. The van der Waals surface area contributed by atoms with Crippen molar-refractivity contribution in [1.29, 1.82) is 0 Å². The molecule has 1 aliphatic rings. The summed E-state index contributed by atoms with van der Waals surface area (Å²) in [5, 5.41) is 4.55. The Morgan fingerprint density at radius 2 is 1.21 bits per heavy atom. The van der Waals surface area contributed by atoms with Gasteiger partial charge in [0.1, 0.15) is 6.61 Å². The molecule has 28 heavy (non-hydrogen) atoms. The molecule has 3 heteroatoms. The summed E-state index contributed by atoms with van der Waals surface area (Å²) in [7, 11) is 2.22. The molecule has 0 aliphatic carbocycles. The molecule has 0 N–H and O–H groups in total. The van der Waals surface area contributed by atoms with E-state index in [1.807, 2.05) is 18.2 Å². The standard InChI is InChI=1S/C25H26N2O/c1-27-24(21-13-7-3-8-14-21)17-23(18-25(27)22-15-9-4-10-16-22)26-28-19-20-11-5-2-6-12-20/h2-16,24-25H,17-19H2,1H3/t24-,25+. The number of benzene rings is 3. The number of hydrogen-bond donors (Lipinski definition) is 0. The van der Waals surface area contributed by atoms with Crippen LogP contribution in [0.15, 0.2) is 96.2 Å². The largest absolute Gasteiger partial charge is 0.391 e. The zero-order chi connectivity index (χ0) is 19.2. The zero-order valence-corrected chi connectivity index (χ0v) is 16.2. The molecule has 0 radical (unpaired) electrons. The van der Waals surface area contributed by atoms with Crippen LogP contribution in [0.3, 0.4) is 0 Å². The minimum absolute atomic E-state index is 0.291. The Labute approximate surface area is 167 Å². The van der Waals surface area contributed by atoms with E-state index in [1.54, 1.807) is 0 Å². The molecule has 0 spiro atoms. The third-order valence-electron chi connectivity index (χ3n) is 5.48. The SMILES string of the molecule is CN1[C@@H](c2ccccc2)CC(=NOCc2ccccc2)C[C@H]1c1ccccc1. The van der Waals surface area contributed by atoms with Crippen molar-refractivity contribution in [2.24, 2.45) is 5.16 Å². The van der Waals surface area contributed by atoms with Crippen molar-refractivity contribution in [2.45, 2.75) is 31.5 Å². The van der Waals surface area contributed by atoms with E-state index in [1.165, 1.54) is 11.1 Å². The maximum Gasteiger partial charge on any atom is 0.142 e. The van der Waals surface area contributed by atoms with Crippen molar-refractivity contribution < 1.29 is 4.84 Å². The lowest BCUT2D eigenvalue weighted by Crippen LogP contribution is -2.37. The lowest BCUT2D eigenvalue weighted by molar-refractivity contribution is 0.118. The molecule has 0 saturated carbocycles. The third-order valence-corrected chi connectivity index (χ3v) is 5.48. The molecule has 142 valence electrons. The van der Waals surface area contributed by atoms with Crippen molar-refractivity contribution >= 4 is 5.71 Å². The van der Waals surface area contributed by atoms with Crippen molar-refractivity contribution in [3.05, 3.63) is 108 Å². The molecule has 0 bridgehead atoms. The van der Waals surface area contributed by atoms with Crippen LogP contribution in [0.25, 0.3) is 0 Å². The Morgan fingerprint density at radius 3 is 1.71 bits per heavy atom. The highest BCUT2D eigenvalue weighted by Gasteiger charge is 2.33. The van der Waals surface area contributed by atoms with Crippen molar-refractivity contribution in [1.82, 2.24) is 4.90 Å². The van der Waals surface area contributed by atoms with E-state index in [0.717, 1.165) is 24.1 Å². The van der Waals surface area contributed by atoms with Crippen LogP contribution in [-0.4, -0.2) is 17.7 Å². The number of piperidine rings is 1. The van der Waals surface area contributed by atoms with Crippen LogP contribution in [-0.2, 0) is 11.4 Å². The minimum atomic E-state index is 0.291. The van der Waals surface area contributed by atoms with Gasteiger partial charge in [0.2, 0.25) is 0 Å². The highest BCUT2D eigenvalue weighted by Crippen LogP contribution is 2.39. The molecular weight excluding hydrogens is 344 g/mol. The van der Waals surface area contributed by atoms with Gasteiger partial charge in [-0.05, 0) is 23.7 Å². The van der Waals surface area contributed by atoms with Gasteiger partial charge in [-0.2, -0.15) is 0 Å². The van der Waals surface area contributed by atoms with Gasteiger partial charge >= 0.3 is 0 Å². The molecule has 2 atom stereocenters. The first-order chi connectivity index (χ1) is 13.8. The maximum atomic E-state index is 5.73. The van der Waals surface area contributed by atoms with E-state index in [9.17, 15) is 0 Å². The van der Waals surface area contributed by atoms with Gasteiger partial charge in [-0.25, -0.2) is 0 Å². The van der Waals surface area contributed by atoms with E-state index in [-0.39, 0.29) is 0 Å². The fourth-order valence-corrected chi connectivity index (χ4v) is 3.94. The second-order valence-electron chi connectivity index (χ2n) is 7.34. The van der Waals surface area contributed by atoms with Gasteiger partial charge in [0.15, 0.2) is 0 Å². The van der Waals surface area contributed by atoms with Crippen LogP contribution >= 0.6 is 0 Å². The molecule has 0 aromatic heterocycles. The Balaban J connectivity index is 1.57. The fraction of sp³-hybridized carbons (Fsp3) is 0.240. The zero-order valence-electron chi connectivity index (χ0n) is 16.2. The van der Waals surface area contributed by atoms with E-state index in [2.05, 4.69) is 89.9 Å². The summed E-state index contributed by atoms with van der Waals surface area (Å²) in [6, 6.07) is 32.2. The fourth-order valence-electron chi connectivity index (χ4n) is 3.94. The lowest BCUT2D eigenvalue weighted by Gasteiger charge is -2.40. The predicted octanol–water partition coefficient (Wildman–Crippen LogP) is 5.77. The summed E-state index contributed by atoms with van der Waals surface area (Å²) in [6.45, 7) is 0.506. The van der Waals surface area contributed by atoms with Gasteiger partial charge in [0.05, 0.1) is 5.71 Å². The van der Waals surface area contributed by atoms with Crippen LogP contribution < -0.4 is 0 Å². The molecule has 1 saturated heterocycles. The van der Waals surface area contributed by atoms with E-state index in [0.29, 0.717) is 18.7 Å². The van der Waals surface area contributed by atoms with Crippen LogP contribution in [0, 0.1) is 0 Å². The average molecular weight is 370 g/mol. The molecule has 4 rings (SSSR count). The van der Waals surface area contributed by atoms with Gasteiger partial charge in [-0.15, -0.1) is 0 Å². The van der Waals surface area contributed by atoms with Gasteiger partial charge in [-0.1, -0.05) is 96.2 Å². The third kappa shape index (κ3) is 4.32. The molecule has 1 aliphatic heterocycles. The summed E-state index contributed by atoms with van der Waals surface area (Å²) in [5.74, 6) is 0. The van der Waals surface area contributed by atoms with Crippen LogP contribution in [0.1, 0.15) is 41.6 Å². The first kappa shape index (κ1) is 18.5. The van der Waals surface area contributed by atoms with Crippen molar-refractivity contribution in [3.63, 3.8) is 0 Å². The van der Waals surface area contributed by atoms with Crippen molar-refractivity contribution in [3.8, 4) is 0 Å². The minimum Gasteiger partial charge on any atom is -0.391 e. The first-order valence-corrected chi connectivity index (χ1v) is 9.85. The summed E-state index contributed by atoms with van der Waals surface area (Å²) in [5.41, 5.74) is 4.90. The number of rotatable bonds is 5. The molecule has 0 amide bonds. The maximum absolute atomic E-state index is 5.73. The summed E-state index contributed by atoms with van der Waals surface area (Å²) >= 11 is 0. The first-order valence-electron chi connectivity index (χ1n) is 9.85.